The molecule has 0 saturated heterocycles. The van der Waals surface area contributed by atoms with Gasteiger partial charge in [-0.2, -0.15) is 0 Å². The standard InChI is InChI=1S/C16H27NO4/c1-10(2)6-7-12(18)16(17)15-13(20-4)8-11(19-3)9-14(15)21-5/h8-10,12,16,18H,6-7,17H2,1-5H3/t12-,16-/m1/s1. The Morgan fingerprint density at radius 1 is 1.00 bits per heavy atom. The van der Waals surface area contributed by atoms with Crippen LogP contribution in [0.5, 0.6) is 17.2 Å². The van der Waals surface area contributed by atoms with E-state index >= 15 is 0 Å². The highest BCUT2D eigenvalue weighted by Crippen LogP contribution is 2.39. The van der Waals surface area contributed by atoms with Gasteiger partial charge in [-0.3, -0.25) is 0 Å². The molecule has 120 valence electrons. The van der Waals surface area contributed by atoms with Gasteiger partial charge in [0.2, 0.25) is 0 Å². The first-order chi connectivity index (χ1) is 9.94. The van der Waals surface area contributed by atoms with Crippen LogP contribution in [0.4, 0.5) is 0 Å². The normalized spacial score (nSPS) is 13.9. The molecule has 0 bridgehead atoms. The van der Waals surface area contributed by atoms with Crippen LogP contribution in [0.2, 0.25) is 0 Å². The summed E-state index contributed by atoms with van der Waals surface area (Å²) in [6, 6.07) is 2.92. The minimum Gasteiger partial charge on any atom is -0.496 e. The Kier molecular flexibility index (Phi) is 6.78. The third kappa shape index (κ3) is 4.51. The van der Waals surface area contributed by atoms with Crippen LogP contribution < -0.4 is 19.9 Å². The molecule has 0 aliphatic carbocycles. The molecule has 3 N–H and O–H groups in total. The van der Waals surface area contributed by atoms with Crippen LogP contribution in [0.1, 0.15) is 38.3 Å². The molecule has 0 fully saturated rings. The zero-order chi connectivity index (χ0) is 16.0. The summed E-state index contributed by atoms with van der Waals surface area (Å²) in [5, 5.41) is 10.3. The number of aliphatic hydroxyl groups excluding tert-OH is 1. The van der Waals surface area contributed by atoms with Gasteiger partial charge in [0.1, 0.15) is 17.2 Å². The van der Waals surface area contributed by atoms with Crippen LogP contribution >= 0.6 is 0 Å². The number of ether oxygens (including phenoxy) is 3. The van der Waals surface area contributed by atoms with Crippen molar-refractivity contribution in [2.75, 3.05) is 21.3 Å². The van der Waals surface area contributed by atoms with Gasteiger partial charge in [-0.05, 0) is 18.8 Å². The molecule has 1 rings (SSSR count). The molecule has 0 spiro atoms. The quantitative estimate of drug-likeness (QED) is 0.771. The second kappa shape index (κ2) is 8.10. The number of nitrogens with two attached hydrogens (primary N) is 1. The summed E-state index contributed by atoms with van der Waals surface area (Å²) in [4.78, 5) is 0. The molecule has 1 aromatic rings. The summed E-state index contributed by atoms with van der Waals surface area (Å²) in [5.74, 6) is 2.26. The molecular formula is C16H27NO4. The van der Waals surface area contributed by atoms with Gasteiger partial charge in [-0.15, -0.1) is 0 Å². The Balaban J connectivity index is 3.08. The van der Waals surface area contributed by atoms with Crippen molar-refractivity contribution in [3.8, 4) is 17.2 Å². The minimum atomic E-state index is -0.649. The topological polar surface area (TPSA) is 73.9 Å². The second-order valence-electron chi connectivity index (χ2n) is 5.51. The second-order valence-corrected chi connectivity index (χ2v) is 5.51. The highest BCUT2D eigenvalue weighted by Gasteiger charge is 2.25. The molecule has 0 radical (unpaired) electrons. The highest BCUT2D eigenvalue weighted by atomic mass is 16.5. The van der Waals surface area contributed by atoms with Crippen LogP contribution in [0, 0.1) is 5.92 Å². The van der Waals surface area contributed by atoms with E-state index in [1.165, 1.54) is 0 Å². The fraction of sp³-hybridized carbons (Fsp3) is 0.625. The van der Waals surface area contributed by atoms with Gasteiger partial charge in [0, 0.05) is 12.1 Å². The lowest BCUT2D eigenvalue weighted by Crippen LogP contribution is -2.27. The van der Waals surface area contributed by atoms with Gasteiger partial charge in [0.05, 0.1) is 39.0 Å². The van der Waals surface area contributed by atoms with Crippen molar-refractivity contribution < 1.29 is 19.3 Å². The van der Waals surface area contributed by atoms with Crippen LogP contribution in [0.25, 0.3) is 0 Å². The third-order valence-corrected chi connectivity index (χ3v) is 3.54. The van der Waals surface area contributed by atoms with Crippen molar-refractivity contribution in [1.29, 1.82) is 0 Å². The van der Waals surface area contributed by atoms with Crippen LogP contribution in [0.3, 0.4) is 0 Å². The number of hydrogen-bond acceptors (Lipinski definition) is 5. The fourth-order valence-corrected chi connectivity index (χ4v) is 2.24. The Labute approximate surface area is 127 Å². The van der Waals surface area contributed by atoms with Crippen LogP contribution in [-0.4, -0.2) is 32.5 Å². The summed E-state index contributed by atoms with van der Waals surface area (Å²) < 4.78 is 16.0. The Hall–Kier alpha value is -1.46. The van der Waals surface area contributed by atoms with Crippen molar-refractivity contribution >= 4 is 0 Å². The van der Waals surface area contributed by atoms with Gasteiger partial charge in [0.15, 0.2) is 0 Å². The number of rotatable bonds is 8. The smallest absolute Gasteiger partial charge is 0.131 e. The predicted molar refractivity (Wildman–Crippen MR) is 83.1 cm³/mol. The summed E-state index contributed by atoms with van der Waals surface area (Å²) in [7, 11) is 4.70. The lowest BCUT2D eigenvalue weighted by molar-refractivity contribution is 0.125. The van der Waals surface area contributed by atoms with Crippen molar-refractivity contribution in [3.63, 3.8) is 0 Å². The summed E-state index contributed by atoms with van der Waals surface area (Å²) in [6.07, 6.45) is 0.899. The summed E-state index contributed by atoms with van der Waals surface area (Å²) in [5.41, 5.74) is 6.88. The van der Waals surface area contributed by atoms with Gasteiger partial charge in [-0.25, -0.2) is 0 Å². The lowest BCUT2D eigenvalue weighted by Gasteiger charge is -2.24. The zero-order valence-electron chi connectivity index (χ0n) is 13.6. The first-order valence-corrected chi connectivity index (χ1v) is 7.18. The molecule has 0 saturated carbocycles. The molecule has 21 heavy (non-hydrogen) atoms. The molecule has 0 amide bonds. The van der Waals surface area contributed by atoms with Crippen LogP contribution in [-0.2, 0) is 0 Å². The van der Waals surface area contributed by atoms with Crippen molar-refractivity contribution in [3.05, 3.63) is 17.7 Å². The largest absolute Gasteiger partial charge is 0.496 e. The van der Waals surface area contributed by atoms with E-state index in [1.54, 1.807) is 33.5 Å². The van der Waals surface area contributed by atoms with E-state index in [2.05, 4.69) is 13.8 Å². The number of benzene rings is 1. The lowest BCUT2D eigenvalue weighted by atomic mass is 9.94. The molecular weight excluding hydrogens is 270 g/mol. The molecule has 0 aromatic heterocycles. The van der Waals surface area contributed by atoms with Gasteiger partial charge < -0.3 is 25.1 Å². The molecule has 5 nitrogen and oxygen atoms in total. The minimum absolute atomic E-state index is 0.520. The summed E-state index contributed by atoms with van der Waals surface area (Å²) >= 11 is 0. The zero-order valence-corrected chi connectivity index (χ0v) is 13.6. The van der Waals surface area contributed by atoms with E-state index in [1.807, 2.05) is 0 Å². The Bertz CT molecular complexity index is 423. The number of hydrogen-bond donors (Lipinski definition) is 2. The van der Waals surface area contributed by atoms with Crippen molar-refractivity contribution in [1.82, 2.24) is 0 Å². The van der Waals surface area contributed by atoms with E-state index < -0.39 is 12.1 Å². The van der Waals surface area contributed by atoms with E-state index in [9.17, 15) is 5.11 Å². The third-order valence-electron chi connectivity index (χ3n) is 3.54. The van der Waals surface area contributed by atoms with E-state index in [0.29, 0.717) is 35.2 Å². The molecule has 0 aliphatic heterocycles. The van der Waals surface area contributed by atoms with Gasteiger partial charge >= 0.3 is 0 Å². The monoisotopic (exact) mass is 297 g/mol. The number of methoxy groups -OCH3 is 3. The molecule has 2 atom stereocenters. The average Bonchev–Trinajstić information content (AvgIpc) is 2.50. The van der Waals surface area contributed by atoms with Crippen LogP contribution in [0.15, 0.2) is 12.1 Å². The summed E-state index contributed by atoms with van der Waals surface area (Å²) in [6.45, 7) is 4.24. The predicted octanol–water partition coefficient (Wildman–Crippen LogP) is 2.51. The first-order valence-electron chi connectivity index (χ1n) is 7.18. The maximum Gasteiger partial charge on any atom is 0.131 e. The molecule has 5 heteroatoms. The average molecular weight is 297 g/mol. The van der Waals surface area contributed by atoms with E-state index in [0.717, 1.165) is 6.42 Å². The Morgan fingerprint density at radius 2 is 1.52 bits per heavy atom. The molecule has 0 unspecified atom stereocenters. The maximum absolute atomic E-state index is 10.3. The van der Waals surface area contributed by atoms with Gasteiger partial charge in [-0.1, -0.05) is 13.8 Å². The molecule has 0 aliphatic rings. The Morgan fingerprint density at radius 3 is 1.90 bits per heavy atom. The maximum atomic E-state index is 10.3. The van der Waals surface area contributed by atoms with Crippen molar-refractivity contribution in [2.24, 2.45) is 11.7 Å². The van der Waals surface area contributed by atoms with E-state index in [-0.39, 0.29) is 0 Å². The molecule has 1 aromatic carbocycles. The van der Waals surface area contributed by atoms with E-state index in [4.69, 9.17) is 19.9 Å². The fourth-order valence-electron chi connectivity index (χ4n) is 2.24. The number of aliphatic hydroxyl groups is 1. The highest BCUT2D eigenvalue weighted by molar-refractivity contribution is 5.52. The molecule has 0 heterocycles. The van der Waals surface area contributed by atoms with Gasteiger partial charge in [0.25, 0.3) is 0 Å². The first kappa shape index (κ1) is 17.6. The SMILES string of the molecule is COc1cc(OC)c([C@H](N)[C@H](O)CCC(C)C)c(OC)c1. The van der Waals surface area contributed by atoms with Crippen molar-refractivity contribution in [2.45, 2.75) is 38.8 Å².